The third kappa shape index (κ3) is 4.45. The number of hydrogen-bond acceptors (Lipinski definition) is 4. The SMILES string of the molecule is COc1cc2ccc1Oc1cc(ccc1OC)CC[C@H](O)CCCC2. The maximum absolute atomic E-state index is 10.2. The molecular weight excluding hydrogens is 316 g/mol. The lowest BCUT2D eigenvalue weighted by Crippen LogP contribution is -2.08. The molecule has 0 saturated carbocycles. The highest BCUT2D eigenvalue weighted by Gasteiger charge is 2.13. The number of aliphatic hydroxyl groups is 1. The van der Waals surface area contributed by atoms with Crippen LogP contribution in [-0.2, 0) is 12.8 Å². The summed E-state index contributed by atoms with van der Waals surface area (Å²) < 4.78 is 17.1. The summed E-state index contributed by atoms with van der Waals surface area (Å²) in [4.78, 5) is 0. The quantitative estimate of drug-likeness (QED) is 0.872. The van der Waals surface area contributed by atoms with Gasteiger partial charge in [0.05, 0.1) is 20.3 Å². The van der Waals surface area contributed by atoms with Crippen molar-refractivity contribution in [2.75, 3.05) is 14.2 Å². The van der Waals surface area contributed by atoms with Crippen LogP contribution in [0.5, 0.6) is 23.0 Å². The van der Waals surface area contributed by atoms with E-state index in [1.165, 1.54) is 5.56 Å². The largest absolute Gasteiger partial charge is 0.493 e. The molecule has 4 nitrogen and oxygen atoms in total. The molecule has 0 fully saturated rings. The molecule has 0 radical (unpaired) electrons. The number of methoxy groups -OCH3 is 2. The topological polar surface area (TPSA) is 47.9 Å². The molecule has 2 aliphatic heterocycles. The van der Waals surface area contributed by atoms with Crippen molar-refractivity contribution in [1.29, 1.82) is 0 Å². The molecule has 0 amide bonds. The zero-order valence-electron chi connectivity index (χ0n) is 15.0. The fourth-order valence-corrected chi connectivity index (χ4v) is 3.21. The Morgan fingerprint density at radius 2 is 1.60 bits per heavy atom. The van der Waals surface area contributed by atoms with Gasteiger partial charge in [-0.2, -0.15) is 0 Å². The zero-order chi connectivity index (χ0) is 17.6. The number of ether oxygens (including phenoxy) is 3. The molecule has 1 N–H and O–H groups in total. The highest BCUT2D eigenvalue weighted by Crippen LogP contribution is 2.38. The molecule has 4 rings (SSSR count). The molecule has 2 aromatic rings. The maximum atomic E-state index is 10.2. The number of aliphatic hydroxyl groups excluding tert-OH is 1. The third-order valence-electron chi connectivity index (χ3n) is 4.70. The van der Waals surface area contributed by atoms with Gasteiger partial charge in [-0.05, 0) is 67.5 Å². The van der Waals surface area contributed by atoms with Crippen molar-refractivity contribution in [3.8, 4) is 23.0 Å². The lowest BCUT2D eigenvalue weighted by atomic mass is 10.0. The van der Waals surface area contributed by atoms with Crippen LogP contribution in [-0.4, -0.2) is 25.4 Å². The van der Waals surface area contributed by atoms with Crippen LogP contribution in [0, 0.1) is 0 Å². The normalized spacial score (nSPS) is 18.0. The first kappa shape index (κ1) is 17.6. The van der Waals surface area contributed by atoms with Crippen LogP contribution in [0.15, 0.2) is 36.4 Å². The molecule has 4 bridgehead atoms. The average Bonchev–Trinajstić information content (AvgIpc) is 2.64. The third-order valence-corrected chi connectivity index (χ3v) is 4.70. The highest BCUT2D eigenvalue weighted by atomic mass is 16.5. The fraction of sp³-hybridized carbons (Fsp3) is 0.429. The summed E-state index contributed by atoms with van der Waals surface area (Å²) in [6.07, 6.45) is 5.22. The van der Waals surface area contributed by atoms with E-state index < -0.39 is 0 Å². The summed E-state index contributed by atoms with van der Waals surface area (Å²) in [5.41, 5.74) is 2.34. The second-order valence-corrected chi connectivity index (χ2v) is 6.51. The lowest BCUT2D eigenvalue weighted by Gasteiger charge is -2.15. The number of benzene rings is 2. The number of hydrogen-bond donors (Lipinski definition) is 1. The molecule has 0 spiro atoms. The first-order valence-corrected chi connectivity index (χ1v) is 8.89. The van der Waals surface area contributed by atoms with Crippen LogP contribution in [0.2, 0.25) is 0 Å². The van der Waals surface area contributed by atoms with Gasteiger partial charge < -0.3 is 19.3 Å². The van der Waals surface area contributed by atoms with Crippen molar-refractivity contribution in [2.45, 2.75) is 44.6 Å². The van der Waals surface area contributed by atoms with E-state index in [0.717, 1.165) is 49.8 Å². The van der Waals surface area contributed by atoms with Gasteiger partial charge in [0.25, 0.3) is 0 Å². The number of fused-ring (bicyclic) bond motifs is 8. The molecule has 25 heavy (non-hydrogen) atoms. The molecular formula is C21H26O4. The van der Waals surface area contributed by atoms with Crippen LogP contribution in [0.1, 0.15) is 36.8 Å². The van der Waals surface area contributed by atoms with Gasteiger partial charge in [0, 0.05) is 0 Å². The van der Waals surface area contributed by atoms with Crippen LogP contribution in [0.3, 0.4) is 0 Å². The van der Waals surface area contributed by atoms with Crippen LogP contribution in [0.25, 0.3) is 0 Å². The zero-order valence-corrected chi connectivity index (χ0v) is 15.0. The van der Waals surface area contributed by atoms with E-state index >= 15 is 0 Å². The van der Waals surface area contributed by atoms with Crippen molar-refractivity contribution in [2.24, 2.45) is 0 Å². The summed E-state index contributed by atoms with van der Waals surface area (Å²) in [5, 5.41) is 10.2. The smallest absolute Gasteiger partial charge is 0.169 e. The van der Waals surface area contributed by atoms with E-state index in [0.29, 0.717) is 17.2 Å². The van der Waals surface area contributed by atoms with Gasteiger partial charge in [-0.15, -0.1) is 0 Å². The minimum atomic E-state index is -0.257. The predicted molar refractivity (Wildman–Crippen MR) is 97.9 cm³/mol. The van der Waals surface area contributed by atoms with Gasteiger partial charge in [-0.1, -0.05) is 18.6 Å². The Morgan fingerprint density at radius 1 is 0.840 bits per heavy atom. The summed E-state index contributed by atoms with van der Waals surface area (Å²) >= 11 is 0. The molecule has 2 heterocycles. The Bertz CT molecular complexity index is 711. The fourth-order valence-electron chi connectivity index (χ4n) is 3.21. The molecule has 2 aliphatic rings. The Hall–Kier alpha value is -2.20. The molecule has 2 aromatic carbocycles. The first-order chi connectivity index (χ1) is 12.2. The summed E-state index contributed by atoms with van der Waals surface area (Å²) in [5.74, 6) is 2.74. The molecule has 0 aliphatic carbocycles. The molecule has 0 aromatic heterocycles. The van der Waals surface area contributed by atoms with Crippen LogP contribution < -0.4 is 14.2 Å². The molecule has 134 valence electrons. The van der Waals surface area contributed by atoms with E-state index in [1.807, 2.05) is 30.3 Å². The second kappa shape index (κ2) is 8.26. The van der Waals surface area contributed by atoms with Crippen molar-refractivity contribution in [3.63, 3.8) is 0 Å². The van der Waals surface area contributed by atoms with Gasteiger partial charge in [0.1, 0.15) is 0 Å². The monoisotopic (exact) mass is 342 g/mol. The Morgan fingerprint density at radius 3 is 2.40 bits per heavy atom. The minimum absolute atomic E-state index is 0.257. The predicted octanol–water partition coefficient (Wildman–Crippen LogP) is 4.52. The molecule has 4 heteroatoms. The minimum Gasteiger partial charge on any atom is -0.493 e. The van der Waals surface area contributed by atoms with Crippen molar-refractivity contribution < 1.29 is 19.3 Å². The van der Waals surface area contributed by atoms with Gasteiger partial charge in [-0.25, -0.2) is 0 Å². The van der Waals surface area contributed by atoms with E-state index in [-0.39, 0.29) is 6.10 Å². The van der Waals surface area contributed by atoms with E-state index in [9.17, 15) is 5.11 Å². The lowest BCUT2D eigenvalue weighted by molar-refractivity contribution is 0.151. The van der Waals surface area contributed by atoms with Gasteiger partial charge in [0.2, 0.25) is 0 Å². The van der Waals surface area contributed by atoms with Crippen LogP contribution in [0.4, 0.5) is 0 Å². The van der Waals surface area contributed by atoms with Gasteiger partial charge >= 0.3 is 0 Å². The molecule has 1 atom stereocenters. The van der Waals surface area contributed by atoms with E-state index in [2.05, 4.69) is 6.07 Å². The number of aryl methyl sites for hydroxylation is 2. The summed E-state index contributed by atoms with van der Waals surface area (Å²) in [6.45, 7) is 0. The Kier molecular flexibility index (Phi) is 5.82. The maximum Gasteiger partial charge on any atom is 0.169 e. The van der Waals surface area contributed by atoms with Crippen molar-refractivity contribution >= 4 is 0 Å². The Labute approximate surface area is 149 Å². The standard InChI is InChI=1S/C21H26O4/c1-23-18-11-8-16-7-10-17(22)6-4-3-5-15-9-12-19(20(13-15)24-2)25-21(18)14-16/h8-9,11-14,17,22H,3-7,10H2,1-2H3/t17-/m1/s1. The average molecular weight is 342 g/mol. The Balaban J connectivity index is 1.98. The second-order valence-electron chi connectivity index (χ2n) is 6.51. The summed E-state index contributed by atoms with van der Waals surface area (Å²) in [6, 6.07) is 12.0. The van der Waals surface area contributed by atoms with Crippen molar-refractivity contribution in [1.82, 2.24) is 0 Å². The van der Waals surface area contributed by atoms with E-state index in [1.54, 1.807) is 14.2 Å². The highest BCUT2D eigenvalue weighted by molar-refractivity contribution is 5.50. The number of rotatable bonds is 2. The molecule has 0 saturated heterocycles. The van der Waals surface area contributed by atoms with E-state index in [4.69, 9.17) is 14.2 Å². The van der Waals surface area contributed by atoms with Crippen molar-refractivity contribution in [3.05, 3.63) is 47.5 Å². The summed E-state index contributed by atoms with van der Waals surface area (Å²) in [7, 11) is 3.29. The first-order valence-electron chi connectivity index (χ1n) is 8.89. The van der Waals surface area contributed by atoms with Gasteiger partial charge in [0.15, 0.2) is 23.0 Å². The molecule has 0 unspecified atom stereocenters. The van der Waals surface area contributed by atoms with Gasteiger partial charge in [-0.3, -0.25) is 0 Å². The van der Waals surface area contributed by atoms with Crippen LogP contribution >= 0.6 is 0 Å².